The van der Waals surface area contributed by atoms with Crippen LogP contribution in [-0.4, -0.2) is 40.6 Å². The molecule has 1 unspecified atom stereocenters. The van der Waals surface area contributed by atoms with E-state index in [4.69, 9.17) is 0 Å². The first-order valence-corrected chi connectivity index (χ1v) is 7.30. The monoisotopic (exact) mass is 248 g/mol. The van der Waals surface area contributed by atoms with Gasteiger partial charge in [-0.3, -0.25) is 0 Å². The summed E-state index contributed by atoms with van der Waals surface area (Å²) in [5, 5.41) is 3.61. The van der Waals surface area contributed by atoms with Crippen LogP contribution in [0.15, 0.2) is 12.5 Å². The number of hydrogen-bond acceptors (Lipinski definition) is 3. The topological polar surface area (TPSA) is 33.1 Å². The molecule has 1 saturated heterocycles. The highest BCUT2D eigenvalue weighted by molar-refractivity contribution is 5.03. The molecule has 1 saturated carbocycles. The molecular formula is C14H24N4. The molecule has 0 amide bonds. The Hall–Kier alpha value is -0.870. The summed E-state index contributed by atoms with van der Waals surface area (Å²) >= 11 is 0. The van der Waals surface area contributed by atoms with E-state index in [1.54, 1.807) is 0 Å². The van der Waals surface area contributed by atoms with Gasteiger partial charge in [0.25, 0.3) is 0 Å². The number of aromatic nitrogens is 2. The first kappa shape index (κ1) is 12.2. The fraction of sp³-hybridized carbons (Fsp3) is 0.786. The van der Waals surface area contributed by atoms with Crippen molar-refractivity contribution in [3.63, 3.8) is 0 Å². The number of nitrogens with zero attached hydrogens (tertiary/aromatic N) is 3. The van der Waals surface area contributed by atoms with Gasteiger partial charge in [0.05, 0.1) is 12.0 Å². The first-order valence-electron chi connectivity index (χ1n) is 7.30. The van der Waals surface area contributed by atoms with Crippen LogP contribution in [0.3, 0.4) is 0 Å². The third-order valence-electron chi connectivity index (χ3n) is 4.24. The Kier molecular flexibility index (Phi) is 3.66. The lowest BCUT2D eigenvalue weighted by atomic mass is 10.1. The molecule has 1 aliphatic carbocycles. The molecule has 4 heteroatoms. The molecule has 1 atom stereocenters. The van der Waals surface area contributed by atoms with Crippen LogP contribution in [0.5, 0.6) is 0 Å². The molecule has 0 radical (unpaired) electrons. The summed E-state index contributed by atoms with van der Waals surface area (Å²) in [6, 6.07) is 0.742. The van der Waals surface area contributed by atoms with Crippen LogP contribution in [0.4, 0.5) is 0 Å². The Morgan fingerprint density at radius 2 is 2.28 bits per heavy atom. The van der Waals surface area contributed by atoms with Crippen molar-refractivity contribution in [2.75, 3.05) is 26.2 Å². The third-order valence-corrected chi connectivity index (χ3v) is 4.24. The molecular weight excluding hydrogens is 224 g/mol. The van der Waals surface area contributed by atoms with E-state index in [-0.39, 0.29) is 0 Å². The fourth-order valence-corrected chi connectivity index (χ4v) is 2.92. The van der Waals surface area contributed by atoms with Crippen molar-refractivity contribution in [2.45, 2.75) is 38.8 Å². The summed E-state index contributed by atoms with van der Waals surface area (Å²) in [6.07, 6.45) is 8.01. The van der Waals surface area contributed by atoms with Crippen molar-refractivity contribution < 1.29 is 0 Å². The molecule has 1 aromatic rings. The maximum Gasteiger partial charge on any atom is 0.0951 e. The summed E-state index contributed by atoms with van der Waals surface area (Å²) in [7, 11) is 0. The van der Waals surface area contributed by atoms with Crippen molar-refractivity contribution in [1.82, 2.24) is 19.8 Å². The van der Waals surface area contributed by atoms with E-state index in [1.807, 2.05) is 12.5 Å². The fourth-order valence-electron chi connectivity index (χ4n) is 2.92. The Morgan fingerprint density at radius 3 is 3.00 bits per heavy atom. The normalized spacial score (nSPS) is 24.8. The lowest BCUT2D eigenvalue weighted by molar-refractivity contribution is 0.338. The average Bonchev–Trinajstić information content (AvgIpc) is 2.95. The van der Waals surface area contributed by atoms with E-state index in [9.17, 15) is 0 Å². The quantitative estimate of drug-likeness (QED) is 0.831. The minimum Gasteiger partial charge on any atom is -0.330 e. The second-order valence-corrected chi connectivity index (χ2v) is 5.70. The van der Waals surface area contributed by atoms with Crippen molar-refractivity contribution in [1.29, 1.82) is 0 Å². The molecule has 100 valence electrons. The average molecular weight is 248 g/mol. The zero-order valence-electron chi connectivity index (χ0n) is 11.3. The van der Waals surface area contributed by atoms with Gasteiger partial charge in [-0.05, 0) is 44.8 Å². The molecule has 4 nitrogen and oxygen atoms in total. The predicted octanol–water partition coefficient (Wildman–Crippen LogP) is 1.65. The molecule has 1 aromatic heterocycles. The molecule has 18 heavy (non-hydrogen) atoms. The summed E-state index contributed by atoms with van der Waals surface area (Å²) in [6.45, 7) is 8.12. The summed E-state index contributed by atoms with van der Waals surface area (Å²) in [4.78, 5) is 6.82. The largest absolute Gasteiger partial charge is 0.330 e. The zero-order valence-corrected chi connectivity index (χ0v) is 11.3. The molecule has 0 spiro atoms. The molecule has 0 aromatic carbocycles. The Morgan fingerprint density at radius 1 is 1.39 bits per heavy atom. The maximum absolute atomic E-state index is 4.27. The van der Waals surface area contributed by atoms with Gasteiger partial charge < -0.3 is 14.8 Å². The van der Waals surface area contributed by atoms with Crippen molar-refractivity contribution in [3.05, 3.63) is 18.2 Å². The standard InChI is InChI=1S/C14H24N4/c1-2-17-6-5-12(10-17)7-15-8-14-9-16-11-18(14)13-3-4-13/h9,11-13,15H,2-8,10H2,1H3. The van der Waals surface area contributed by atoms with E-state index in [0.29, 0.717) is 0 Å². The number of likely N-dealkylation sites (tertiary alicyclic amines) is 1. The molecule has 2 aliphatic rings. The van der Waals surface area contributed by atoms with Crippen molar-refractivity contribution in [3.8, 4) is 0 Å². The Balaban J connectivity index is 1.43. The van der Waals surface area contributed by atoms with E-state index in [2.05, 4.69) is 26.7 Å². The van der Waals surface area contributed by atoms with Crippen LogP contribution in [0, 0.1) is 5.92 Å². The van der Waals surface area contributed by atoms with Gasteiger partial charge in [0, 0.05) is 25.3 Å². The van der Waals surface area contributed by atoms with Crippen LogP contribution in [0.25, 0.3) is 0 Å². The molecule has 2 fully saturated rings. The smallest absolute Gasteiger partial charge is 0.0951 e. The summed E-state index contributed by atoms with van der Waals surface area (Å²) in [5.41, 5.74) is 1.35. The number of rotatable bonds is 6. The van der Waals surface area contributed by atoms with Crippen molar-refractivity contribution in [2.24, 2.45) is 5.92 Å². The SMILES string of the molecule is CCN1CCC(CNCc2cncn2C2CC2)C1. The van der Waals surface area contributed by atoms with Crippen LogP contribution in [-0.2, 0) is 6.54 Å². The molecule has 0 bridgehead atoms. The first-order chi connectivity index (χ1) is 8.86. The molecule has 3 rings (SSSR count). The van der Waals surface area contributed by atoms with E-state index in [0.717, 1.165) is 25.0 Å². The second-order valence-electron chi connectivity index (χ2n) is 5.70. The number of nitrogens with one attached hydrogen (secondary N) is 1. The van der Waals surface area contributed by atoms with E-state index < -0.39 is 0 Å². The molecule has 1 N–H and O–H groups in total. The third kappa shape index (κ3) is 2.75. The maximum atomic E-state index is 4.27. The number of imidazole rings is 1. The second kappa shape index (κ2) is 5.41. The van der Waals surface area contributed by atoms with Gasteiger partial charge in [0.2, 0.25) is 0 Å². The highest BCUT2D eigenvalue weighted by atomic mass is 15.1. The highest BCUT2D eigenvalue weighted by Crippen LogP contribution is 2.35. The van der Waals surface area contributed by atoms with Gasteiger partial charge in [0.15, 0.2) is 0 Å². The number of hydrogen-bond donors (Lipinski definition) is 1. The predicted molar refractivity (Wildman–Crippen MR) is 72.4 cm³/mol. The Labute approximate surface area is 109 Å². The van der Waals surface area contributed by atoms with Gasteiger partial charge in [-0.1, -0.05) is 6.92 Å². The minimum absolute atomic E-state index is 0.742. The van der Waals surface area contributed by atoms with Crippen LogP contribution < -0.4 is 5.32 Å². The molecule has 2 heterocycles. The summed E-state index contributed by atoms with van der Waals surface area (Å²) < 4.78 is 2.35. The van der Waals surface area contributed by atoms with Crippen LogP contribution in [0.1, 0.15) is 37.9 Å². The summed E-state index contributed by atoms with van der Waals surface area (Å²) in [5.74, 6) is 0.835. The lowest BCUT2D eigenvalue weighted by Gasteiger charge is -2.14. The van der Waals surface area contributed by atoms with Gasteiger partial charge in [-0.2, -0.15) is 0 Å². The highest BCUT2D eigenvalue weighted by Gasteiger charge is 2.25. The van der Waals surface area contributed by atoms with Gasteiger partial charge in [-0.25, -0.2) is 4.98 Å². The van der Waals surface area contributed by atoms with Gasteiger partial charge in [0.1, 0.15) is 0 Å². The van der Waals surface area contributed by atoms with Crippen molar-refractivity contribution >= 4 is 0 Å². The molecule has 1 aliphatic heterocycles. The van der Waals surface area contributed by atoms with E-state index >= 15 is 0 Å². The Bertz CT molecular complexity index is 383. The van der Waals surface area contributed by atoms with Gasteiger partial charge in [-0.15, -0.1) is 0 Å². The lowest BCUT2D eigenvalue weighted by Crippen LogP contribution is -2.26. The minimum atomic E-state index is 0.742. The zero-order chi connectivity index (χ0) is 12.4. The van der Waals surface area contributed by atoms with Gasteiger partial charge >= 0.3 is 0 Å². The van der Waals surface area contributed by atoms with Crippen LogP contribution >= 0.6 is 0 Å². The van der Waals surface area contributed by atoms with Crippen LogP contribution in [0.2, 0.25) is 0 Å². The van der Waals surface area contributed by atoms with E-state index in [1.165, 1.54) is 44.6 Å².